The third kappa shape index (κ3) is 7.57. The van der Waals surface area contributed by atoms with Gasteiger partial charge in [-0.2, -0.15) is 4.98 Å². The summed E-state index contributed by atoms with van der Waals surface area (Å²) in [4.78, 5) is 22.5. The molecule has 2 aromatic carbocycles. The molecule has 41 heavy (non-hydrogen) atoms. The van der Waals surface area contributed by atoms with Crippen LogP contribution in [0.15, 0.2) is 59.7 Å². The second kappa shape index (κ2) is 14.0. The Morgan fingerprint density at radius 3 is 2.10 bits per heavy atom. The summed E-state index contributed by atoms with van der Waals surface area (Å²) in [5.74, 6) is 2.23. The van der Waals surface area contributed by atoms with Gasteiger partial charge in [0.1, 0.15) is 29.2 Å². The fourth-order valence-corrected chi connectivity index (χ4v) is 4.86. The lowest BCUT2D eigenvalue weighted by molar-refractivity contribution is -0.0321. The van der Waals surface area contributed by atoms with Crippen molar-refractivity contribution in [3.63, 3.8) is 0 Å². The van der Waals surface area contributed by atoms with Crippen LogP contribution in [0.5, 0.6) is 23.0 Å². The Balaban J connectivity index is 0.00000124. The topological polar surface area (TPSA) is 145 Å². The molecule has 4 aromatic rings. The number of imidazole rings is 1. The van der Waals surface area contributed by atoms with Gasteiger partial charge in [-0.15, -0.1) is 0 Å². The molecule has 3 atom stereocenters. The largest absolute Gasteiger partial charge is 0.497 e. The fraction of sp³-hybridized carbons (Fsp3) is 0.320. The van der Waals surface area contributed by atoms with E-state index in [1.54, 1.807) is 62.8 Å². The Bertz CT molecular complexity index is 1410. The lowest BCUT2D eigenvalue weighted by Crippen LogP contribution is -2.19. The number of nitrogens with one attached hydrogen (secondary N) is 1. The number of fused-ring (bicyclic) bond motifs is 1. The van der Waals surface area contributed by atoms with Crippen molar-refractivity contribution < 1.29 is 41.0 Å². The molecule has 1 saturated heterocycles. The molecule has 0 bridgehead atoms. The minimum absolute atomic E-state index is 0.0162. The lowest BCUT2D eigenvalue weighted by atomic mass is 10.2. The minimum Gasteiger partial charge on any atom is -0.497 e. The van der Waals surface area contributed by atoms with E-state index in [1.165, 1.54) is 10.9 Å². The second-order valence-electron chi connectivity index (χ2n) is 8.33. The molecular weight excluding hydrogens is 570 g/mol. The Morgan fingerprint density at radius 2 is 1.56 bits per heavy atom. The summed E-state index contributed by atoms with van der Waals surface area (Å²) in [5, 5.41) is 0. The van der Waals surface area contributed by atoms with E-state index in [9.17, 15) is 13.6 Å². The summed E-state index contributed by atoms with van der Waals surface area (Å²) < 4.78 is 69.8. The van der Waals surface area contributed by atoms with Crippen molar-refractivity contribution in [2.45, 2.75) is 24.9 Å². The van der Waals surface area contributed by atoms with Gasteiger partial charge in [0.25, 0.3) is 5.56 Å². The molecule has 16 heteroatoms. The van der Waals surface area contributed by atoms with Gasteiger partial charge in [-0.3, -0.25) is 18.9 Å². The van der Waals surface area contributed by atoms with Crippen LogP contribution < -0.4 is 29.8 Å². The zero-order chi connectivity index (χ0) is 29.4. The van der Waals surface area contributed by atoms with E-state index in [4.69, 9.17) is 33.5 Å². The summed E-state index contributed by atoms with van der Waals surface area (Å²) >= 11 is 0. The SMILES string of the molecule is COc1ccc(OP(OCC2CC(F)C(n3cnc4c(=O)[nH]c(N)nc43)O2)Oc2ccc(OC)cc2)cc1.FCF. The van der Waals surface area contributed by atoms with Crippen molar-refractivity contribution in [2.75, 3.05) is 33.5 Å². The molecule has 220 valence electrons. The van der Waals surface area contributed by atoms with Gasteiger partial charge in [-0.25, -0.2) is 18.2 Å². The highest BCUT2D eigenvalue weighted by Gasteiger charge is 2.39. The first-order valence-corrected chi connectivity index (χ1v) is 13.2. The summed E-state index contributed by atoms with van der Waals surface area (Å²) in [6.45, 7) is -1.77. The van der Waals surface area contributed by atoms with Crippen molar-refractivity contribution in [1.29, 1.82) is 0 Å². The number of benzene rings is 2. The van der Waals surface area contributed by atoms with Crippen LogP contribution in [0.1, 0.15) is 12.6 Å². The zero-order valence-corrected chi connectivity index (χ0v) is 22.8. The maximum absolute atomic E-state index is 15.0. The summed E-state index contributed by atoms with van der Waals surface area (Å²) in [6.07, 6.45) is -1.75. The van der Waals surface area contributed by atoms with Gasteiger partial charge in [0.15, 0.2) is 17.4 Å². The van der Waals surface area contributed by atoms with E-state index >= 15 is 4.39 Å². The van der Waals surface area contributed by atoms with Gasteiger partial charge in [0.05, 0.1) is 33.3 Å². The molecule has 0 radical (unpaired) electrons. The van der Waals surface area contributed by atoms with Crippen LogP contribution in [0.2, 0.25) is 0 Å². The number of aromatic nitrogens is 4. The fourth-order valence-electron chi connectivity index (χ4n) is 3.84. The number of anilines is 1. The van der Waals surface area contributed by atoms with Gasteiger partial charge in [0.2, 0.25) is 12.9 Å². The highest BCUT2D eigenvalue weighted by Crippen LogP contribution is 2.43. The highest BCUT2D eigenvalue weighted by atomic mass is 31.2. The van der Waals surface area contributed by atoms with Crippen molar-refractivity contribution in [3.05, 3.63) is 65.2 Å². The van der Waals surface area contributed by atoms with E-state index in [2.05, 4.69) is 15.0 Å². The van der Waals surface area contributed by atoms with Crippen LogP contribution >= 0.6 is 8.60 Å². The molecule has 3 heterocycles. The average molecular weight is 597 g/mol. The van der Waals surface area contributed by atoms with Gasteiger partial charge >= 0.3 is 8.60 Å². The van der Waals surface area contributed by atoms with Crippen LogP contribution in [0.3, 0.4) is 0 Å². The maximum atomic E-state index is 15.0. The first kappa shape index (κ1) is 29.9. The van der Waals surface area contributed by atoms with E-state index < -0.39 is 39.6 Å². The number of hydrogen-bond donors (Lipinski definition) is 2. The molecule has 1 fully saturated rings. The molecule has 0 spiro atoms. The maximum Gasteiger partial charge on any atom is 0.463 e. The number of nitrogens with zero attached hydrogens (tertiary/aromatic N) is 3. The van der Waals surface area contributed by atoms with Crippen molar-refractivity contribution in [2.24, 2.45) is 0 Å². The van der Waals surface area contributed by atoms with E-state index in [-0.39, 0.29) is 30.1 Å². The summed E-state index contributed by atoms with van der Waals surface area (Å²) in [7, 11) is 1.20. The third-order valence-electron chi connectivity index (χ3n) is 5.70. The molecule has 0 aliphatic carbocycles. The predicted molar refractivity (Wildman–Crippen MR) is 143 cm³/mol. The third-order valence-corrected chi connectivity index (χ3v) is 6.78. The number of H-pyrrole nitrogens is 1. The molecule has 0 saturated carbocycles. The molecule has 5 rings (SSSR count). The van der Waals surface area contributed by atoms with E-state index in [0.29, 0.717) is 23.0 Å². The minimum atomic E-state index is -1.95. The Morgan fingerprint density at radius 1 is 1.02 bits per heavy atom. The number of halogens is 3. The van der Waals surface area contributed by atoms with Gasteiger partial charge < -0.3 is 29.0 Å². The van der Waals surface area contributed by atoms with E-state index in [1.807, 2.05) is 0 Å². The van der Waals surface area contributed by atoms with Crippen LogP contribution in [0, 0.1) is 0 Å². The molecule has 3 unspecified atom stereocenters. The highest BCUT2D eigenvalue weighted by molar-refractivity contribution is 7.42. The predicted octanol–water partition coefficient (Wildman–Crippen LogP) is 4.63. The number of rotatable bonds is 10. The second-order valence-corrected chi connectivity index (χ2v) is 9.40. The van der Waals surface area contributed by atoms with Crippen molar-refractivity contribution in [3.8, 4) is 23.0 Å². The van der Waals surface area contributed by atoms with Gasteiger partial charge in [-0.05, 0) is 48.5 Å². The zero-order valence-electron chi connectivity index (χ0n) is 21.9. The Labute approximate surface area is 233 Å². The Hall–Kier alpha value is -4.07. The monoisotopic (exact) mass is 597 g/mol. The normalized spacial score (nSPS) is 18.1. The lowest BCUT2D eigenvalue weighted by Gasteiger charge is -2.20. The van der Waals surface area contributed by atoms with Gasteiger partial charge in [0, 0.05) is 6.42 Å². The number of methoxy groups -OCH3 is 2. The summed E-state index contributed by atoms with van der Waals surface area (Å²) in [5.41, 5.74) is 5.31. The summed E-state index contributed by atoms with van der Waals surface area (Å²) in [6, 6.07) is 13.9. The van der Waals surface area contributed by atoms with Gasteiger partial charge in [-0.1, -0.05) is 0 Å². The number of nitrogen functional groups attached to an aromatic ring is 1. The molecule has 2 aromatic heterocycles. The molecular formula is C25H27F3N5O7P. The Kier molecular flexibility index (Phi) is 10.2. The smallest absolute Gasteiger partial charge is 0.463 e. The van der Waals surface area contributed by atoms with Crippen molar-refractivity contribution in [1.82, 2.24) is 19.5 Å². The van der Waals surface area contributed by atoms with Crippen LogP contribution in [-0.2, 0) is 9.26 Å². The molecule has 12 nitrogen and oxygen atoms in total. The first-order chi connectivity index (χ1) is 19.8. The van der Waals surface area contributed by atoms with Crippen molar-refractivity contribution >= 4 is 25.7 Å². The number of aromatic amines is 1. The quantitative estimate of drug-likeness (QED) is 0.248. The van der Waals surface area contributed by atoms with Crippen LogP contribution in [0.4, 0.5) is 19.1 Å². The standard InChI is InChI=1S/C24H25FN5O7P.CH2F2/c1-32-14-3-7-16(8-4-14)36-38(37-17-9-5-15(33-2)6-10-17)34-12-18-11-19(25)23(35-18)30-13-27-20-21(30)28-24(26)29-22(20)31;2-1-3/h3-10,13,18-19,23H,11-12H2,1-2H3,(H3,26,28,29,31);1H2. The van der Waals surface area contributed by atoms with E-state index in [0.717, 1.165) is 0 Å². The molecule has 3 N–H and O–H groups in total. The first-order valence-electron chi connectivity index (χ1n) is 12.1. The number of ether oxygens (including phenoxy) is 3. The molecule has 1 aliphatic heterocycles. The number of hydrogen-bond acceptors (Lipinski definition) is 10. The number of nitrogens with two attached hydrogens (primary N) is 1. The molecule has 1 aliphatic rings. The average Bonchev–Trinajstić information content (AvgIpc) is 3.55. The van der Waals surface area contributed by atoms with Crippen LogP contribution in [0.25, 0.3) is 11.2 Å². The number of alkyl halides is 3. The molecule has 0 amide bonds. The van der Waals surface area contributed by atoms with Crippen LogP contribution in [-0.4, -0.2) is 59.5 Å².